The van der Waals surface area contributed by atoms with Crippen LogP contribution in [0.3, 0.4) is 0 Å². The summed E-state index contributed by atoms with van der Waals surface area (Å²) in [5, 5.41) is 0. The lowest BCUT2D eigenvalue weighted by Crippen LogP contribution is -2.23. The molecule has 0 heterocycles. The number of halogens is 1. The lowest BCUT2D eigenvalue weighted by Gasteiger charge is -2.27. The molecule has 0 unspecified atom stereocenters. The SMILES string of the molecule is Cc1ccc(C(C)(C)CCN)c(C)c1Br. The summed E-state index contributed by atoms with van der Waals surface area (Å²) in [7, 11) is 0. The van der Waals surface area contributed by atoms with Crippen LogP contribution in [0.15, 0.2) is 16.6 Å². The van der Waals surface area contributed by atoms with Crippen LogP contribution in [-0.2, 0) is 5.41 Å². The van der Waals surface area contributed by atoms with Crippen LogP contribution in [0.4, 0.5) is 0 Å². The van der Waals surface area contributed by atoms with Gasteiger partial charge in [-0.1, -0.05) is 41.9 Å². The smallest absolute Gasteiger partial charge is 0.0236 e. The Morgan fingerprint density at radius 2 is 1.87 bits per heavy atom. The van der Waals surface area contributed by atoms with Gasteiger partial charge >= 0.3 is 0 Å². The van der Waals surface area contributed by atoms with E-state index in [2.05, 4.69) is 55.8 Å². The number of aryl methyl sites for hydroxylation is 1. The standard InChI is InChI=1S/C13H20BrN/c1-9-5-6-11(10(2)12(9)14)13(3,4)7-8-15/h5-6H,7-8,15H2,1-4H3. The maximum absolute atomic E-state index is 5.66. The molecule has 1 aromatic rings. The summed E-state index contributed by atoms with van der Waals surface area (Å²) in [6, 6.07) is 4.40. The van der Waals surface area contributed by atoms with Crippen molar-refractivity contribution in [1.29, 1.82) is 0 Å². The van der Waals surface area contributed by atoms with Gasteiger partial charge in [-0.2, -0.15) is 0 Å². The molecule has 1 nitrogen and oxygen atoms in total. The quantitative estimate of drug-likeness (QED) is 0.890. The topological polar surface area (TPSA) is 26.0 Å². The summed E-state index contributed by atoms with van der Waals surface area (Å²) in [4.78, 5) is 0. The van der Waals surface area contributed by atoms with E-state index in [1.54, 1.807) is 0 Å². The molecule has 0 aromatic heterocycles. The van der Waals surface area contributed by atoms with Crippen molar-refractivity contribution in [1.82, 2.24) is 0 Å². The molecule has 2 heteroatoms. The van der Waals surface area contributed by atoms with Gasteiger partial charge in [0.05, 0.1) is 0 Å². The third kappa shape index (κ3) is 2.61. The molecule has 0 fully saturated rings. The van der Waals surface area contributed by atoms with Crippen LogP contribution in [-0.4, -0.2) is 6.54 Å². The Morgan fingerprint density at radius 3 is 2.40 bits per heavy atom. The first-order chi connectivity index (χ1) is 6.90. The molecule has 1 aromatic carbocycles. The second kappa shape index (κ2) is 4.67. The molecule has 15 heavy (non-hydrogen) atoms. The highest BCUT2D eigenvalue weighted by Crippen LogP contribution is 2.34. The number of hydrogen-bond acceptors (Lipinski definition) is 1. The van der Waals surface area contributed by atoms with E-state index in [0.717, 1.165) is 13.0 Å². The van der Waals surface area contributed by atoms with Crippen LogP contribution in [0.5, 0.6) is 0 Å². The van der Waals surface area contributed by atoms with E-state index in [4.69, 9.17) is 5.73 Å². The highest BCUT2D eigenvalue weighted by molar-refractivity contribution is 9.10. The fourth-order valence-electron chi connectivity index (χ4n) is 2.05. The average molecular weight is 270 g/mol. The van der Waals surface area contributed by atoms with Crippen LogP contribution in [0.2, 0.25) is 0 Å². The maximum Gasteiger partial charge on any atom is 0.0236 e. The second-order valence-corrected chi connectivity index (χ2v) is 5.58. The fourth-order valence-corrected chi connectivity index (χ4v) is 2.39. The summed E-state index contributed by atoms with van der Waals surface area (Å²) in [6.45, 7) is 9.54. The monoisotopic (exact) mass is 269 g/mol. The third-order valence-corrected chi connectivity index (χ3v) is 4.30. The molecule has 0 spiro atoms. The number of hydrogen-bond donors (Lipinski definition) is 1. The van der Waals surface area contributed by atoms with Crippen molar-refractivity contribution in [2.45, 2.75) is 39.5 Å². The molecular weight excluding hydrogens is 250 g/mol. The summed E-state index contributed by atoms with van der Waals surface area (Å²) in [5.41, 5.74) is 9.85. The Kier molecular flexibility index (Phi) is 3.96. The highest BCUT2D eigenvalue weighted by Gasteiger charge is 2.22. The minimum Gasteiger partial charge on any atom is -0.330 e. The zero-order valence-electron chi connectivity index (χ0n) is 10.0. The largest absolute Gasteiger partial charge is 0.330 e. The van der Waals surface area contributed by atoms with Crippen molar-refractivity contribution in [2.75, 3.05) is 6.54 Å². The molecular formula is C13H20BrN. The lowest BCUT2D eigenvalue weighted by molar-refractivity contribution is 0.484. The number of nitrogens with two attached hydrogens (primary N) is 1. The molecule has 0 aliphatic carbocycles. The van der Waals surface area contributed by atoms with Crippen LogP contribution < -0.4 is 5.73 Å². The summed E-state index contributed by atoms with van der Waals surface area (Å²) in [6.07, 6.45) is 1.02. The molecule has 0 amide bonds. The fraction of sp³-hybridized carbons (Fsp3) is 0.538. The van der Waals surface area contributed by atoms with Crippen molar-refractivity contribution in [2.24, 2.45) is 5.73 Å². The first kappa shape index (κ1) is 12.7. The number of benzene rings is 1. The van der Waals surface area contributed by atoms with E-state index in [-0.39, 0.29) is 5.41 Å². The van der Waals surface area contributed by atoms with Crippen LogP contribution >= 0.6 is 15.9 Å². The molecule has 1 rings (SSSR count). The van der Waals surface area contributed by atoms with Crippen molar-refractivity contribution in [3.8, 4) is 0 Å². The minimum absolute atomic E-state index is 0.162. The van der Waals surface area contributed by atoms with E-state index in [1.807, 2.05) is 0 Å². The van der Waals surface area contributed by atoms with Gasteiger partial charge in [0.1, 0.15) is 0 Å². The molecule has 0 aliphatic rings. The van der Waals surface area contributed by atoms with Gasteiger partial charge in [-0.15, -0.1) is 0 Å². The Hall–Kier alpha value is -0.340. The van der Waals surface area contributed by atoms with Gasteiger partial charge in [0, 0.05) is 4.47 Å². The van der Waals surface area contributed by atoms with Crippen molar-refractivity contribution in [3.63, 3.8) is 0 Å². The summed E-state index contributed by atoms with van der Waals surface area (Å²) in [5.74, 6) is 0. The normalized spacial score (nSPS) is 11.9. The van der Waals surface area contributed by atoms with Crippen molar-refractivity contribution in [3.05, 3.63) is 33.3 Å². The zero-order chi connectivity index (χ0) is 11.6. The third-order valence-electron chi connectivity index (χ3n) is 3.08. The lowest BCUT2D eigenvalue weighted by atomic mass is 9.79. The second-order valence-electron chi connectivity index (χ2n) is 4.79. The zero-order valence-corrected chi connectivity index (χ0v) is 11.6. The van der Waals surface area contributed by atoms with Crippen LogP contribution in [0.1, 0.15) is 37.0 Å². The minimum atomic E-state index is 0.162. The van der Waals surface area contributed by atoms with Crippen LogP contribution in [0.25, 0.3) is 0 Å². The van der Waals surface area contributed by atoms with Gasteiger partial charge in [0.15, 0.2) is 0 Å². The van der Waals surface area contributed by atoms with Crippen molar-refractivity contribution < 1.29 is 0 Å². The van der Waals surface area contributed by atoms with Crippen LogP contribution in [0, 0.1) is 13.8 Å². The molecule has 84 valence electrons. The first-order valence-corrected chi connectivity index (χ1v) is 6.15. The maximum atomic E-state index is 5.66. The van der Waals surface area contributed by atoms with Gasteiger partial charge in [-0.05, 0) is 48.9 Å². The van der Waals surface area contributed by atoms with Gasteiger partial charge in [-0.25, -0.2) is 0 Å². The highest BCUT2D eigenvalue weighted by atomic mass is 79.9. The van der Waals surface area contributed by atoms with E-state index in [1.165, 1.54) is 21.2 Å². The summed E-state index contributed by atoms with van der Waals surface area (Å²) < 4.78 is 1.23. The summed E-state index contributed by atoms with van der Waals surface area (Å²) >= 11 is 3.64. The van der Waals surface area contributed by atoms with Crippen molar-refractivity contribution >= 4 is 15.9 Å². The molecule has 2 N–H and O–H groups in total. The van der Waals surface area contributed by atoms with E-state index in [0.29, 0.717) is 0 Å². The Labute approximate surface area is 101 Å². The van der Waals surface area contributed by atoms with E-state index >= 15 is 0 Å². The molecule has 0 atom stereocenters. The van der Waals surface area contributed by atoms with E-state index < -0.39 is 0 Å². The van der Waals surface area contributed by atoms with E-state index in [9.17, 15) is 0 Å². The Morgan fingerprint density at radius 1 is 1.27 bits per heavy atom. The molecule has 0 radical (unpaired) electrons. The predicted octanol–water partition coefficient (Wildman–Crippen LogP) is 3.69. The van der Waals surface area contributed by atoms with Gasteiger partial charge in [0.2, 0.25) is 0 Å². The molecule has 0 saturated carbocycles. The van der Waals surface area contributed by atoms with Gasteiger partial charge in [-0.3, -0.25) is 0 Å². The Balaban J connectivity index is 3.21. The van der Waals surface area contributed by atoms with Gasteiger partial charge in [0.25, 0.3) is 0 Å². The first-order valence-electron chi connectivity index (χ1n) is 5.36. The molecule has 0 bridgehead atoms. The molecule has 0 saturated heterocycles. The van der Waals surface area contributed by atoms with Gasteiger partial charge < -0.3 is 5.73 Å². The predicted molar refractivity (Wildman–Crippen MR) is 70.3 cm³/mol. The molecule has 0 aliphatic heterocycles. The number of rotatable bonds is 3. The Bertz CT molecular complexity index is 356. The average Bonchev–Trinajstić information content (AvgIpc) is 2.13.